The summed E-state index contributed by atoms with van der Waals surface area (Å²) < 4.78 is 29.7. The van der Waals surface area contributed by atoms with Crippen LogP contribution in [0, 0.1) is 6.92 Å². The molecule has 1 N–H and O–H groups in total. The van der Waals surface area contributed by atoms with Gasteiger partial charge >= 0.3 is 0 Å². The van der Waals surface area contributed by atoms with Crippen LogP contribution >= 0.6 is 59.1 Å². The van der Waals surface area contributed by atoms with Crippen LogP contribution in [0.4, 0.5) is 5.69 Å². The second-order valence-corrected chi connectivity index (χ2v) is 9.80. The van der Waals surface area contributed by atoms with E-state index in [0.717, 1.165) is 13.8 Å². The van der Waals surface area contributed by atoms with Crippen molar-refractivity contribution in [1.29, 1.82) is 0 Å². The highest BCUT2D eigenvalue weighted by Gasteiger charge is 2.19. The third-order valence-corrected chi connectivity index (χ3v) is 7.43. The molecule has 1 aromatic carbocycles. The van der Waals surface area contributed by atoms with Gasteiger partial charge in [-0.2, -0.15) is 0 Å². The molecule has 3 nitrogen and oxygen atoms in total. The SMILES string of the molecule is Cc1cc(S(=O)(=O)Nc2cc(Br)ccc2Br)sc1Br. The molecule has 0 spiro atoms. The molecule has 0 aliphatic rings. The van der Waals surface area contributed by atoms with Gasteiger partial charge in [0.05, 0.1) is 9.47 Å². The van der Waals surface area contributed by atoms with Gasteiger partial charge in [-0.1, -0.05) is 15.9 Å². The Bertz CT molecular complexity index is 706. The molecule has 1 aromatic heterocycles. The van der Waals surface area contributed by atoms with Crippen LogP contribution in [-0.2, 0) is 10.0 Å². The summed E-state index contributed by atoms with van der Waals surface area (Å²) in [5.74, 6) is 0. The van der Waals surface area contributed by atoms with Crippen molar-refractivity contribution in [3.05, 3.63) is 42.6 Å². The third-order valence-electron chi connectivity index (χ3n) is 2.27. The standard InChI is InChI=1S/C11H8Br3NO2S2/c1-6-4-10(18-11(6)14)19(16,17)15-9-5-7(12)2-3-8(9)13/h2-5,15H,1H3. The second kappa shape index (κ2) is 5.85. The number of anilines is 1. The lowest BCUT2D eigenvalue weighted by Gasteiger charge is -2.08. The van der Waals surface area contributed by atoms with E-state index in [2.05, 4.69) is 52.5 Å². The minimum Gasteiger partial charge on any atom is -0.278 e. The maximum Gasteiger partial charge on any atom is 0.271 e. The summed E-state index contributed by atoms with van der Waals surface area (Å²) in [5.41, 5.74) is 1.40. The molecule has 0 aliphatic carbocycles. The van der Waals surface area contributed by atoms with Crippen molar-refractivity contribution in [2.45, 2.75) is 11.1 Å². The van der Waals surface area contributed by atoms with Gasteiger partial charge in [0.25, 0.3) is 10.0 Å². The van der Waals surface area contributed by atoms with Crippen molar-refractivity contribution in [2.75, 3.05) is 4.72 Å². The lowest BCUT2D eigenvalue weighted by molar-refractivity contribution is 0.603. The molecule has 2 rings (SSSR count). The molecule has 0 saturated heterocycles. The molecular weight excluding hydrogens is 482 g/mol. The fraction of sp³-hybridized carbons (Fsp3) is 0.0909. The summed E-state index contributed by atoms with van der Waals surface area (Å²) in [6.07, 6.45) is 0. The van der Waals surface area contributed by atoms with Crippen molar-refractivity contribution in [2.24, 2.45) is 0 Å². The van der Waals surface area contributed by atoms with Crippen LogP contribution in [0.3, 0.4) is 0 Å². The number of sulfonamides is 1. The molecule has 102 valence electrons. The van der Waals surface area contributed by atoms with Crippen LogP contribution in [-0.4, -0.2) is 8.42 Å². The van der Waals surface area contributed by atoms with E-state index in [1.807, 2.05) is 13.0 Å². The number of aryl methyl sites for hydroxylation is 1. The van der Waals surface area contributed by atoms with Crippen LogP contribution in [0.1, 0.15) is 5.56 Å². The summed E-state index contributed by atoms with van der Waals surface area (Å²) in [4.78, 5) is 0. The highest BCUT2D eigenvalue weighted by molar-refractivity contribution is 9.11. The van der Waals surface area contributed by atoms with Crippen LogP contribution in [0.25, 0.3) is 0 Å². The van der Waals surface area contributed by atoms with E-state index < -0.39 is 10.0 Å². The van der Waals surface area contributed by atoms with Crippen molar-refractivity contribution in [1.82, 2.24) is 0 Å². The van der Waals surface area contributed by atoms with Crippen molar-refractivity contribution in [3.8, 4) is 0 Å². The first kappa shape index (κ1) is 15.5. The van der Waals surface area contributed by atoms with Crippen molar-refractivity contribution >= 4 is 74.8 Å². The lowest BCUT2D eigenvalue weighted by atomic mass is 10.3. The molecule has 8 heteroatoms. The zero-order valence-corrected chi connectivity index (χ0v) is 16.0. The van der Waals surface area contributed by atoms with Crippen LogP contribution in [0.5, 0.6) is 0 Å². The number of hydrogen-bond acceptors (Lipinski definition) is 3. The van der Waals surface area contributed by atoms with Gasteiger partial charge in [-0.3, -0.25) is 4.72 Å². The average molecular weight is 490 g/mol. The predicted molar refractivity (Wildman–Crippen MR) is 89.4 cm³/mol. The zero-order chi connectivity index (χ0) is 14.2. The molecule has 1 heterocycles. The highest BCUT2D eigenvalue weighted by atomic mass is 79.9. The fourth-order valence-corrected chi connectivity index (χ4v) is 5.47. The van der Waals surface area contributed by atoms with E-state index >= 15 is 0 Å². The summed E-state index contributed by atoms with van der Waals surface area (Å²) in [6, 6.07) is 6.95. The van der Waals surface area contributed by atoms with E-state index in [-0.39, 0.29) is 4.21 Å². The van der Waals surface area contributed by atoms with Gasteiger partial charge in [0, 0.05) is 8.95 Å². The first-order chi connectivity index (χ1) is 8.79. The summed E-state index contributed by atoms with van der Waals surface area (Å²) in [5, 5.41) is 0. The van der Waals surface area contributed by atoms with Crippen molar-refractivity contribution in [3.63, 3.8) is 0 Å². The monoisotopic (exact) mass is 487 g/mol. The quantitative estimate of drug-likeness (QED) is 0.648. The number of halogens is 3. The molecule has 0 radical (unpaired) electrons. The second-order valence-electron chi connectivity index (χ2n) is 3.75. The average Bonchev–Trinajstić information content (AvgIpc) is 2.65. The zero-order valence-electron chi connectivity index (χ0n) is 9.58. The number of thiophene rings is 1. The topological polar surface area (TPSA) is 46.2 Å². The smallest absolute Gasteiger partial charge is 0.271 e. The number of benzene rings is 1. The molecular formula is C11H8Br3NO2S2. The van der Waals surface area contributed by atoms with E-state index in [4.69, 9.17) is 0 Å². The van der Waals surface area contributed by atoms with Crippen LogP contribution in [0.15, 0.2) is 41.2 Å². The Kier molecular flexibility index (Phi) is 4.77. The molecule has 0 unspecified atom stereocenters. The number of rotatable bonds is 3. The van der Waals surface area contributed by atoms with Gasteiger partial charge in [0.1, 0.15) is 4.21 Å². The molecule has 0 fully saturated rings. The summed E-state index contributed by atoms with van der Waals surface area (Å²) in [6.45, 7) is 1.86. The fourth-order valence-electron chi connectivity index (χ4n) is 1.33. The first-order valence-electron chi connectivity index (χ1n) is 5.03. The lowest BCUT2D eigenvalue weighted by Crippen LogP contribution is -2.11. The molecule has 0 bridgehead atoms. The molecule has 2 aromatic rings. The Morgan fingerprint density at radius 2 is 1.84 bits per heavy atom. The molecule has 0 aliphatic heterocycles. The maximum atomic E-state index is 12.3. The van der Waals surface area contributed by atoms with E-state index in [1.165, 1.54) is 11.3 Å². The van der Waals surface area contributed by atoms with Crippen molar-refractivity contribution < 1.29 is 8.42 Å². The summed E-state index contributed by atoms with van der Waals surface area (Å²) >= 11 is 11.2. The minimum absolute atomic E-state index is 0.281. The van der Waals surface area contributed by atoms with Gasteiger partial charge in [-0.05, 0) is 68.6 Å². The van der Waals surface area contributed by atoms with Gasteiger partial charge < -0.3 is 0 Å². The van der Waals surface area contributed by atoms with E-state index in [1.54, 1.807) is 18.2 Å². The Hall–Kier alpha value is 0.110. The Morgan fingerprint density at radius 1 is 1.16 bits per heavy atom. The third kappa shape index (κ3) is 3.60. The van der Waals surface area contributed by atoms with Gasteiger partial charge in [-0.15, -0.1) is 11.3 Å². The van der Waals surface area contributed by atoms with E-state index in [9.17, 15) is 8.42 Å². The number of hydrogen-bond donors (Lipinski definition) is 1. The molecule has 0 amide bonds. The van der Waals surface area contributed by atoms with Crippen LogP contribution in [0.2, 0.25) is 0 Å². The molecule has 0 atom stereocenters. The number of nitrogens with one attached hydrogen (secondary N) is 1. The normalized spacial score (nSPS) is 11.6. The first-order valence-corrected chi connectivity index (χ1v) is 9.71. The highest BCUT2D eigenvalue weighted by Crippen LogP contribution is 2.33. The predicted octanol–water partition coefficient (Wildman–Crippen LogP) is 5.14. The minimum atomic E-state index is -3.57. The Labute approximate surface area is 140 Å². The van der Waals surface area contributed by atoms with Gasteiger partial charge in [0.15, 0.2) is 0 Å². The van der Waals surface area contributed by atoms with Gasteiger partial charge in [0.2, 0.25) is 0 Å². The van der Waals surface area contributed by atoms with Gasteiger partial charge in [-0.25, -0.2) is 8.42 Å². The Morgan fingerprint density at radius 3 is 2.42 bits per heavy atom. The van der Waals surface area contributed by atoms with E-state index in [0.29, 0.717) is 10.2 Å². The largest absolute Gasteiger partial charge is 0.278 e. The van der Waals surface area contributed by atoms with Crippen LogP contribution < -0.4 is 4.72 Å². The summed E-state index contributed by atoms with van der Waals surface area (Å²) in [7, 11) is -3.57. The molecule has 0 saturated carbocycles. The molecule has 19 heavy (non-hydrogen) atoms. The maximum absolute atomic E-state index is 12.3. The Balaban J connectivity index is 2.39.